The van der Waals surface area contributed by atoms with Crippen LogP contribution in [-0.4, -0.2) is 49.0 Å². The molecule has 4 atom stereocenters. The summed E-state index contributed by atoms with van der Waals surface area (Å²) in [7, 11) is 0. The van der Waals surface area contributed by atoms with Crippen molar-refractivity contribution in [3.63, 3.8) is 0 Å². The molecule has 10 nitrogen and oxygen atoms in total. The van der Waals surface area contributed by atoms with Gasteiger partial charge in [0.2, 0.25) is 0 Å². The second-order valence-electron chi connectivity index (χ2n) is 31.7. The maximum Gasteiger partial charge on any atom is 4.00 e. The molecule has 0 spiro atoms. The Hall–Kier alpha value is -3.89. The summed E-state index contributed by atoms with van der Waals surface area (Å²) >= 11 is 0. The van der Waals surface area contributed by atoms with Gasteiger partial charge < -0.3 is 31.4 Å². The monoisotopic (exact) mass is 1220 g/mol. The molecule has 12 heteroatoms. The van der Waals surface area contributed by atoms with Crippen molar-refractivity contribution in [3.8, 4) is 23.0 Å². The standard InChI is InChI=1S/2C36H54N2O2.2O.2Ti/c2*1-33(2,3)25-17-23(31(39)27(19-25)35(7,8)9)21-37-29-15-13-14-16-30(29)38-22-24-18-26(34(4,5)6)20-28(32(24)40)36(10,11)12;;;;/h2*17-22,29-30,39-40H,13-16H2,1-12H3;;;;/q;;2*-2;2*+4/p-4/t29-,30+;29-,30-;;;;/m.1..../s1. The van der Waals surface area contributed by atoms with Gasteiger partial charge in [-0.05, 0) is 136 Å². The first-order valence-electron chi connectivity index (χ1n) is 30.0. The molecule has 0 amide bonds. The van der Waals surface area contributed by atoms with Crippen LogP contribution in [0.1, 0.15) is 284 Å². The molecule has 0 unspecified atom stereocenters. The summed E-state index contributed by atoms with van der Waals surface area (Å²) in [6, 6.07) is 16.3. The van der Waals surface area contributed by atoms with Gasteiger partial charge in [-0.15, -0.1) is 0 Å². The largest absolute Gasteiger partial charge is 4.00 e. The molecule has 2 aliphatic rings. The van der Waals surface area contributed by atoms with Gasteiger partial charge in [-0.3, -0.25) is 20.0 Å². The Morgan fingerprint density at radius 1 is 0.286 bits per heavy atom. The molecule has 0 radical (unpaired) electrons. The molecule has 2 saturated carbocycles. The van der Waals surface area contributed by atoms with E-state index in [4.69, 9.17) is 20.0 Å². The van der Waals surface area contributed by atoms with Crippen LogP contribution >= 0.6 is 0 Å². The van der Waals surface area contributed by atoms with E-state index in [1.807, 2.05) is 24.3 Å². The minimum absolute atomic E-state index is 0. The average Bonchev–Trinajstić information content (AvgIpc) is 3.30. The smallest absolute Gasteiger partial charge is 2.00 e. The van der Waals surface area contributed by atoms with Gasteiger partial charge >= 0.3 is 43.4 Å². The predicted molar refractivity (Wildman–Crippen MR) is 337 cm³/mol. The zero-order valence-electron chi connectivity index (χ0n) is 56.1. The van der Waals surface area contributed by atoms with Crippen molar-refractivity contribution in [2.75, 3.05) is 0 Å². The van der Waals surface area contributed by atoms with Gasteiger partial charge in [-0.2, -0.15) is 0 Å². The Balaban J connectivity index is 0.000000802. The van der Waals surface area contributed by atoms with Gasteiger partial charge in [0.15, 0.2) is 0 Å². The van der Waals surface area contributed by atoms with E-state index >= 15 is 0 Å². The molecule has 0 N–H and O–H groups in total. The third-order valence-electron chi connectivity index (χ3n) is 16.2. The Kier molecular flexibility index (Phi) is 27.3. The van der Waals surface area contributed by atoms with Crippen LogP contribution in [0.4, 0.5) is 0 Å². The van der Waals surface area contributed by atoms with Crippen molar-refractivity contribution < 1.29 is 74.8 Å². The van der Waals surface area contributed by atoms with Gasteiger partial charge in [0.1, 0.15) is 0 Å². The van der Waals surface area contributed by atoms with E-state index in [9.17, 15) is 20.4 Å². The van der Waals surface area contributed by atoms with Crippen LogP contribution in [0.15, 0.2) is 68.5 Å². The summed E-state index contributed by atoms with van der Waals surface area (Å²) in [5.74, 6) is 0.240. The quantitative estimate of drug-likeness (QED) is 0.125. The number of benzene rings is 4. The normalized spacial score (nSPS) is 18.7. The van der Waals surface area contributed by atoms with E-state index in [0.29, 0.717) is 22.3 Å². The van der Waals surface area contributed by atoms with Gasteiger partial charge in [0, 0.05) is 24.9 Å². The van der Waals surface area contributed by atoms with Gasteiger partial charge in [-0.25, -0.2) is 0 Å². The first-order chi connectivity index (χ1) is 36.4. The first kappa shape index (κ1) is 78.1. The average molecular weight is 1220 g/mol. The van der Waals surface area contributed by atoms with Gasteiger partial charge in [0.05, 0.1) is 24.2 Å². The number of nitrogens with zero attached hydrogens (tertiary/aromatic N) is 4. The Morgan fingerprint density at radius 2 is 0.440 bits per heavy atom. The molecule has 4 aromatic carbocycles. The van der Waals surface area contributed by atoms with Crippen LogP contribution in [0, 0.1) is 0 Å². The minimum atomic E-state index is -0.248. The van der Waals surface area contributed by atoms with Crippen LogP contribution in [0.5, 0.6) is 23.0 Å². The van der Waals surface area contributed by atoms with Crippen molar-refractivity contribution >= 4 is 24.9 Å². The van der Waals surface area contributed by atoms with E-state index < -0.39 is 0 Å². The molecular weight excluding hydrogens is 1110 g/mol. The summed E-state index contributed by atoms with van der Waals surface area (Å²) in [6.07, 6.45) is 15.3. The summed E-state index contributed by atoms with van der Waals surface area (Å²) in [5.41, 5.74) is 9.24. The molecule has 6 rings (SSSR count). The van der Waals surface area contributed by atoms with E-state index in [-0.39, 0.29) is 145 Å². The van der Waals surface area contributed by atoms with Crippen LogP contribution in [0.25, 0.3) is 0 Å². The van der Waals surface area contributed by atoms with E-state index in [0.717, 1.165) is 95.9 Å². The zero-order valence-corrected chi connectivity index (χ0v) is 59.3. The fourth-order valence-electron chi connectivity index (χ4n) is 10.5. The van der Waals surface area contributed by atoms with Crippen molar-refractivity contribution in [3.05, 3.63) is 115 Å². The third kappa shape index (κ3) is 20.6. The Bertz CT molecular complexity index is 2540. The maximum atomic E-state index is 13.5. The molecule has 0 bridgehead atoms. The molecule has 0 saturated heterocycles. The first-order valence-corrected chi connectivity index (χ1v) is 30.0. The van der Waals surface area contributed by atoms with Gasteiger partial charge in [0.25, 0.3) is 0 Å². The second-order valence-corrected chi connectivity index (χ2v) is 31.7. The van der Waals surface area contributed by atoms with Gasteiger partial charge in [-0.1, -0.05) is 263 Å². The molecule has 0 heterocycles. The van der Waals surface area contributed by atoms with Crippen molar-refractivity contribution in [1.82, 2.24) is 0 Å². The molecule has 4 aromatic rings. The number of aliphatic imine (C=N–C) groups is 4. The molecule has 84 heavy (non-hydrogen) atoms. The molecular formula is C72H104N4O6Ti2. The molecule has 0 aromatic heterocycles. The fourth-order valence-corrected chi connectivity index (χ4v) is 10.5. The molecule has 2 fully saturated rings. The van der Waals surface area contributed by atoms with E-state index in [2.05, 4.69) is 190 Å². The number of rotatable bonds is 8. The van der Waals surface area contributed by atoms with Crippen LogP contribution < -0.4 is 20.4 Å². The third-order valence-corrected chi connectivity index (χ3v) is 16.2. The maximum absolute atomic E-state index is 13.5. The zero-order chi connectivity index (χ0) is 60.5. The van der Waals surface area contributed by atoms with Crippen LogP contribution in [0.3, 0.4) is 0 Å². The van der Waals surface area contributed by atoms with Crippen LogP contribution in [-0.2, 0) is 97.7 Å². The topological polar surface area (TPSA) is 199 Å². The fraction of sp³-hybridized carbons (Fsp3) is 0.611. The molecule has 2 aliphatic carbocycles. The summed E-state index contributed by atoms with van der Waals surface area (Å²) in [4.78, 5) is 19.9. The molecule has 456 valence electrons. The van der Waals surface area contributed by atoms with E-state index in [1.165, 1.54) is 0 Å². The van der Waals surface area contributed by atoms with Crippen molar-refractivity contribution in [2.24, 2.45) is 20.0 Å². The Labute approximate surface area is 539 Å². The predicted octanol–water partition coefficient (Wildman–Crippen LogP) is 15.5. The summed E-state index contributed by atoms with van der Waals surface area (Å²) < 4.78 is 0. The van der Waals surface area contributed by atoms with E-state index in [1.54, 1.807) is 24.9 Å². The van der Waals surface area contributed by atoms with Crippen LogP contribution in [0.2, 0.25) is 0 Å². The molecule has 0 aliphatic heterocycles. The van der Waals surface area contributed by atoms with Crippen molar-refractivity contribution in [1.29, 1.82) is 0 Å². The van der Waals surface area contributed by atoms with Crippen molar-refractivity contribution in [2.45, 2.75) is 285 Å². The minimum Gasteiger partial charge on any atom is -2.00 e. The summed E-state index contributed by atoms with van der Waals surface area (Å²) in [5, 5.41) is 53.9. The SMILES string of the molecule is CC(C)(C)c1cc(C=N[C@@H]2CCCC[C@H]2N=Cc2cc(C(C)(C)C)cc(C(C)(C)C)c2[O-])c([O-])c(C(C)(C)C)c1.CC(C)(C)c1cc(C=N[C@H]2CCCC[C@H]2N=Cc2cc(C(C)(C)C)cc(C(C)(C)C)c2[O-])c([O-])c(C(C)(C)C)c1.[O-2].[O-2].[Ti+4].[Ti+4]. The summed E-state index contributed by atoms with van der Waals surface area (Å²) in [6.45, 7) is 51.2. The number of hydrogen-bond acceptors (Lipinski definition) is 8. The second kappa shape index (κ2) is 29.4. The number of hydrogen-bond donors (Lipinski definition) is 0. The Morgan fingerprint density at radius 3 is 0.571 bits per heavy atom.